The molecule has 0 aromatic carbocycles. The third kappa shape index (κ3) is 3.41. The minimum Gasteiger partial charge on any atom is -0.478 e. The molecule has 2 rings (SSSR count). The van der Waals surface area contributed by atoms with Gasteiger partial charge in [0.25, 0.3) is 0 Å². The van der Waals surface area contributed by atoms with Crippen molar-refractivity contribution >= 4 is 23.5 Å². The Morgan fingerprint density at radius 3 is 2.68 bits per heavy atom. The number of nitrogens with zero attached hydrogens (tertiary/aromatic N) is 1. The first-order valence-corrected chi connectivity index (χ1v) is 7.72. The summed E-state index contributed by atoms with van der Waals surface area (Å²) in [6, 6.07) is 3.27. The van der Waals surface area contributed by atoms with Crippen molar-refractivity contribution in [3.63, 3.8) is 0 Å². The van der Waals surface area contributed by atoms with E-state index in [1.165, 1.54) is 12.8 Å². The highest BCUT2D eigenvalue weighted by Crippen LogP contribution is 2.46. The first kappa shape index (κ1) is 14.2. The number of aromatic nitrogens is 1. The summed E-state index contributed by atoms with van der Waals surface area (Å²) in [6.07, 6.45) is 4.56. The molecular formula is C14H20N2O2S. The summed E-state index contributed by atoms with van der Waals surface area (Å²) in [5.74, 6) is -0.0161. The van der Waals surface area contributed by atoms with Crippen LogP contribution in [0.2, 0.25) is 0 Å². The SMILES string of the molecule is CSC1(CNc2cc(C(=O)O)cc(C(C)C)n2)CC1. The van der Waals surface area contributed by atoms with Gasteiger partial charge in [-0.15, -0.1) is 0 Å². The lowest BCUT2D eigenvalue weighted by Crippen LogP contribution is -2.18. The first-order valence-electron chi connectivity index (χ1n) is 6.50. The van der Waals surface area contributed by atoms with Gasteiger partial charge >= 0.3 is 5.97 Å². The minimum absolute atomic E-state index is 0.218. The minimum atomic E-state index is -0.904. The van der Waals surface area contributed by atoms with E-state index < -0.39 is 5.97 Å². The summed E-state index contributed by atoms with van der Waals surface area (Å²) in [6.45, 7) is 4.88. The number of carboxylic acids is 1. The highest BCUT2D eigenvalue weighted by Gasteiger charge is 2.41. The van der Waals surface area contributed by atoms with Gasteiger partial charge < -0.3 is 10.4 Å². The molecule has 19 heavy (non-hydrogen) atoms. The Bertz CT molecular complexity index is 484. The summed E-state index contributed by atoms with van der Waals surface area (Å²) >= 11 is 1.87. The van der Waals surface area contributed by atoms with Gasteiger partial charge in [-0.3, -0.25) is 0 Å². The van der Waals surface area contributed by atoms with Crippen molar-refractivity contribution < 1.29 is 9.90 Å². The fourth-order valence-electron chi connectivity index (χ4n) is 1.91. The highest BCUT2D eigenvalue weighted by molar-refractivity contribution is 8.00. The lowest BCUT2D eigenvalue weighted by Gasteiger charge is -2.15. The number of hydrogen-bond donors (Lipinski definition) is 2. The van der Waals surface area contributed by atoms with Crippen LogP contribution in [-0.4, -0.2) is 33.6 Å². The van der Waals surface area contributed by atoms with Crippen LogP contribution >= 0.6 is 11.8 Å². The average molecular weight is 280 g/mol. The molecule has 0 spiro atoms. The zero-order chi connectivity index (χ0) is 14.0. The van der Waals surface area contributed by atoms with Gasteiger partial charge in [-0.05, 0) is 37.1 Å². The van der Waals surface area contributed by atoms with E-state index in [4.69, 9.17) is 5.11 Å². The monoisotopic (exact) mass is 280 g/mol. The molecule has 2 N–H and O–H groups in total. The van der Waals surface area contributed by atoms with Gasteiger partial charge in [0.2, 0.25) is 0 Å². The number of thioether (sulfide) groups is 1. The summed E-state index contributed by atoms with van der Waals surface area (Å²) in [5, 5.41) is 12.4. The second-order valence-electron chi connectivity index (χ2n) is 5.37. The van der Waals surface area contributed by atoms with Crippen molar-refractivity contribution in [2.75, 3.05) is 18.1 Å². The Morgan fingerprint density at radius 1 is 1.53 bits per heavy atom. The van der Waals surface area contributed by atoms with E-state index in [0.717, 1.165) is 12.2 Å². The molecule has 0 unspecified atom stereocenters. The lowest BCUT2D eigenvalue weighted by atomic mass is 10.1. The molecule has 1 aliphatic rings. The smallest absolute Gasteiger partial charge is 0.335 e. The fraction of sp³-hybridized carbons (Fsp3) is 0.571. The second-order valence-corrected chi connectivity index (χ2v) is 6.64. The van der Waals surface area contributed by atoms with Crippen LogP contribution in [0.3, 0.4) is 0 Å². The van der Waals surface area contributed by atoms with Crippen LogP contribution in [0.4, 0.5) is 5.82 Å². The molecule has 0 atom stereocenters. The van der Waals surface area contributed by atoms with E-state index in [2.05, 4.69) is 16.6 Å². The molecule has 1 aromatic heterocycles. The van der Waals surface area contributed by atoms with Crippen molar-refractivity contribution in [1.29, 1.82) is 0 Å². The number of hydrogen-bond acceptors (Lipinski definition) is 4. The van der Waals surface area contributed by atoms with Crippen LogP contribution in [-0.2, 0) is 0 Å². The highest BCUT2D eigenvalue weighted by atomic mass is 32.2. The standard InChI is InChI=1S/C14H20N2O2S/c1-9(2)11-6-10(13(17)18)7-12(16-11)15-8-14(19-3)4-5-14/h6-7,9H,4-5,8H2,1-3H3,(H,15,16)(H,17,18). The molecule has 0 aliphatic heterocycles. The number of carbonyl (C=O) groups is 1. The molecule has 1 aromatic rings. The Morgan fingerprint density at radius 2 is 2.21 bits per heavy atom. The number of anilines is 1. The largest absolute Gasteiger partial charge is 0.478 e. The lowest BCUT2D eigenvalue weighted by molar-refractivity contribution is 0.0696. The second kappa shape index (κ2) is 5.41. The zero-order valence-corrected chi connectivity index (χ0v) is 12.4. The van der Waals surface area contributed by atoms with Crippen LogP contribution < -0.4 is 5.32 Å². The summed E-state index contributed by atoms with van der Waals surface area (Å²) in [7, 11) is 0. The maximum absolute atomic E-state index is 11.1. The summed E-state index contributed by atoms with van der Waals surface area (Å²) in [5.41, 5.74) is 1.12. The van der Waals surface area contributed by atoms with Gasteiger partial charge in [-0.1, -0.05) is 13.8 Å². The van der Waals surface area contributed by atoms with E-state index >= 15 is 0 Å². The van der Waals surface area contributed by atoms with Gasteiger partial charge in [0.15, 0.2) is 0 Å². The topological polar surface area (TPSA) is 62.2 Å². The Kier molecular flexibility index (Phi) is 4.04. The molecule has 0 radical (unpaired) electrons. The summed E-state index contributed by atoms with van der Waals surface area (Å²) in [4.78, 5) is 15.6. The van der Waals surface area contributed by atoms with Crippen molar-refractivity contribution in [2.45, 2.75) is 37.4 Å². The van der Waals surface area contributed by atoms with E-state index in [9.17, 15) is 4.79 Å². The molecule has 1 aliphatic carbocycles. The van der Waals surface area contributed by atoms with E-state index in [0.29, 0.717) is 16.1 Å². The Balaban J connectivity index is 2.16. The predicted molar refractivity (Wildman–Crippen MR) is 79.3 cm³/mol. The fourth-order valence-corrected chi connectivity index (χ4v) is 2.63. The zero-order valence-electron chi connectivity index (χ0n) is 11.6. The molecular weight excluding hydrogens is 260 g/mol. The van der Waals surface area contributed by atoms with Gasteiger partial charge in [-0.25, -0.2) is 9.78 Å². The van der Waals surface area contributed by atoms with Gasteiger partial charge in [0.05, 0.1) is 5.56 Å². The van der Waals surface area contributed by atoms with Crippen molar-refractivity contribution in [3.8, 4) is 0 Å². The van der Waals surface area contributed by atoms with Crippen molar-refractivity contribution in [1.82, 2.24) is 4.98 Å². The molecule has 0 amide bonds. The molecule has 1 saturated carbocycles. The number of aromatic carboxylic acids is 1. The third-order valence-electron chi connectivity index (χ3n) is 3.52. The first-order chi connectivity index (χ1) is 8.96. The molecule has 104 valence electrons. The van der Waals surface area contributed by atoms with Crippen LogP contribution in [0.15, 0.2) is 12.1 Å². The van der Waals surface area contributed by atoms with Crippen LogP contribution in [0.1, 0.15) is 48.7 Å². The van der Waals surface area contributed by atoms with E-state index in [1.54, 1.807) is 12.1 Å². The van der Waals surface area contributed by atoms with E-state index in [1.807, 2.05) is 25.6 Å². The quantitative estimate of drug-likeness (QED) is 0.837. The van der Waals surface area contributed by atoms with Crippen molar-refractivity contribution in [2.24, 2.45) is 0 Å². The van der Waals surface area contributed by atoms with E-state index in [-0.39, 0.29) is 5.92 Å². The molecule has 4 nitrogen and oxygen atoms in total. The Labute approximate surface area is 118 Å². The normalized spacial score (nSPS) is 16.4. The number of pyridine rings is 1. The van der Waals surface area contributed by atoms with Crippen molar-refractivity contribution in [3.05, 3.63) is 23.4 Å². The third-order valence-corrected chi connectivity index (χ3v) is 4.93. The average Bonchev–Trinajstić information content (AvgIpc) is 3.16. The maximum Gasteiger partial charge on any atom is 0.335 e. The number of nitrogens with one attached hydrogen (secondary N) is 1. The molecule has 1 fully saturated rings. The number of rotatable bonds is 6. The van der Waals surface area contributed by atoms with Gasteiger partial charge in [0.1, 0.15) is 5.82 Å². The van der Waals surface area contributed by atoms with Crippen LogP contribution in [0.25, 0.3) is 0 Å². The predicted octanol–water partition coefficient (Wildman–Crippen LogP) is 3.21. The molecule has 0 saturated heterocycles. The van der Waals surface area contributed by atoms with Gasteiger partial charge in [-0.2, -0.15) is 11.8 Å². The molecule has 5 heteroatoms. The maximum atomic E-state index is 11.1. The van der Waals surface area contributed by atoms with Crippen LogP contribution in [0, 0.1) is 0 Å². The van der Waals surface area contributed by atoms with Crippen LogP contribution in [0.5, 0.6) is 0 Å². The molecule has 1 heterocycles. The Hall–Kier alpha value is -1.23. The number of carboxylic acid groups (broad SMARTS) is 1. The molecule has 0 bridgehead atoms. The van der Waals surface area contributed by atoms with Gasteiger partial charge in [0, 0.05) is 17.0 Å². The summed E-state index contributed by atoms with van der Waals surface area (Å²) < 4.78 is 0.332.